The predicted octanol–water partition coefficient (Wildman–Crippen LogP) is 1.89. The number of carboxylic acids is 1. The minimum Gasteiger partial charge on any atom is -0.494 e. The number of ether oxygens (including phenoxy) is 2. The Balaban J connectivity index is 2.36. The number of hydrogen-bond acceptors (Lipinski definition) is 6. The van der Waals surface area contributed by atoms with Gasteiger partial charge in [-0.3, -0.25) is 4.98 Å². The van der Waals surface area contributed by atoms with Crippen LogP contribution in [0.4, 0.5) is 0 Å². The summed E-state index contributed by atoms with van der Waals surface area (Å²) in [7, 11) is -2.47. The van der Waals surface area contributed by atoms with Crippen molar-refractivity contribution in [1.29, 1.82) is 0 Å². The van der Waals surface area contributed by atoms with Gasteiger partial charge in [0.2, 0.25) is 0 Å². The molecule has 1 saturated heterocycles. The van der Waals surface area contributed by atoms with E-state index in [1.807, 2.05) is 0 Å². The van der Waals surface area contributed by atoms with Gasteiger partial charge in [-0.1, -0.05) is 12.1 Å². The number of pyridine rings is 1. The summed E-state index contributed by atoms with van der Waals surface area (Å²) in [5.74, 6) is -0.950. The fraction of sp³-hybridized carbons (Fsp3) is 0.375. The molecule has 1 aliphatic heterocycles. The van der Waals surface area contributed by atoms with Crippen LogP contribution in [0.1, 0.15) is 23.7 Å². The number of sulfone groups is 1. The number of aromatic nitrogens is 1. The normalized spacial score (nSPS) is 21.1. The van der Waals surface area contributed by atoms with Gasteiger partial charge in [-0.05, 0) is 19.4 Å². The summed E-state index contributed by atoms with van der Waals surface area (Å²) in [6.07, 6.45) is 0.905. The standard InChI is InChI=1S/C16H17NO6S/c1-9-13(6-7-23-9)24(20,21)15-10-4-3-5-12(22-2)14(10)17-8-11(15)16(18)19/h3-5,8-9,13H,6-7H2,1-2H3,(H,18,19). The summed E-state index contributed by atoms with van der Waals surface area (Å²) in [5, 5.41) is 8.92. The van der Waals surface area contributed by atoms with Crippen LogP contribution in [0.3, 0.4) is 0 Å². The van der Waals surface area contributed by atoms with Gasteiger partial charge >= 0.3 is 5.97 Å². The molecule has 0 saturated carbocycles. The van der Waals surface area contributed by atoms with E-state index in [1.54, 1.807) is 25.1 Å². The molecule has 1 aromatic carbocycles. The van der Waals surface area contributed by atoms with Crippen molar-refractivity contribution in [2.24, 2.45) is 0 Å². The molecule has 3 rings (SSSR count). The molecular weight excluding hydrogens is 334 g/mol. The maximum absolute atomic E-state index is 13.2. The molecule has 2 heterocycles. The van der Waals surface area contributed by atoms with Crippen LogP contribution in [0.25, 0.3) is 10.9 Å². The van der Waals surface area contributed by atoms with Gasteiger partial charge < -0.3 is 14.6 Å². The van der Waals surface area contributed by atoms with Gasteiger partial charge in [0.1, 0.15) is 11.3 Å². The van der Waals surface area contributed by atoms with E-state index < -0.39 is 27.2 Å². The summed E-state index contributed by atoms with van der Waals surface area (Å²) in [5.41, 5.74) is -0.0232. The van der Waals surface area contributed by atoms with Crippen molar-refractivity contribution >= 4 is 26.7 Å². The summed E-state index contributed by atoms with van der Waals surface area (Å²) >= 11 is 0. The first-order valence-corrected chi connectivity index (χ1v) is 8.97. The third kappa shape index (κ3) is 2.51. The van der Waals surface area contributed by atoms with Crippen LogP contribution in [-0.2, 0) is 14.6 Å². The lowest BCUT2D eigenvalue weighted by atomic mass is 10.1. The van der Waals surface area contributed by atoms with E-state index in [2.05, 4.69) is 4.98 Å². The van der Waals surface area contributed by atoms with Crippen molar-refractivity contribution in [2.45, 2.75) is 29.6 Å². The van der Waals surface area contributed by atoms with E-state index in [0.717, 1.165) is 6.20 Å². The highest BCUT2D eigenvalue weighted by Gasteiger charge is 2.40. The average Bonchev–Trinajstić information content (AvgIpc) is 2.99. The minimum atomic E-state index is -3.92. The molecule has 1 N–H and O–H groups in total. The molecule has 0 spiro atoms. The summed E-state index contributed by atoms with van der Waals surface area (Å²) in [6.45, 7) is 2.01. The molecule has 1 fully saturated rings. The monoisotopic (exact) mass is 351 g/mol. The third-order valence-electron chi connectivity index (χ3n) is 4.25. The SMILES string of the molecule is COc1cccc2c(S(=O)(=O)C3CCOC3C)c(C(=O)O)cnc12. The van der Waals surface area contributed by atoms with Crippen LogP contribution in [0.5, 0.6) is 5.75 Å². The Morgan fingerprint density at radius 2 is 2.17 bits per heavy atom. The Kier molecular flexibility index (Phi) is 4.18. The lowest BCUT2D eigenvalue weighted by Crippen LogP contribution is -2.29. The number of rotatable bonds is 4. The fourth-order valence-corrected chi connectivity index (χ4v) is 5.28. The molecule has 8 heteroatoms. The number of carbonyl (C=O) groups is 1. The number of aromatic carboxylic acids is 1. The molecule has 0 radical (unpaired) electrons. The lowest BCUT2D eigenvalue weighted by molar-refractivity contribution is 0.0692. The number of hydrogen-bond donors (Lipinski definition) is 1. The summed E-state index contributed by atoms with van der Waals surface area (Å²) in [6, 6.07) is 4.81. The Hall–Kier alpha value is -2.19. The average molecular weight is 351 g/mol. The molecule has 2 unspecified atom stereocenters. The molecule has 7 nitrogen and oxygen atoms in total. The Morgan fingerprint density at radius 3 is 2.75 bits per heavy atom. The fourth-order valence-electron chi connectivity index (χ4n) is 3.07. The van der Waals surface area contributed by atoms with Crippen LogP contribution >= 0.6 is 0 Å². The van der Waals surface area contributed by atoms with Gasteiger partial charge in [0.25, 0.3) is 0 Å². The maximum Gasteiger partial charge on any atom is 0.338 e. The van der Waals surface area contributed by atoms with Crippen molar-refractivity contribution in [3.05, 3.63) is 30.0 Å². The molecule has 1 aromatic heterocycles. The van der Waals surface area contributed by atoms with E-state index in [1.165, 1.54) is 7.11 Å². The second-order valence-electron chi connectivity index (χ2n) is 5.61. The number of benzene rings is 1. The molecule has 128 valence electrons. The highest BCUT2D eigenvalue weighted by atomic mass is 32.2. The number of para-hydroxylation sites is 1. The quantitative estimate of drug-likeness (QED) is 0.897. The zero-order valence-corrected chi connectivity index (χ0v) is 14.0. The van der Waals surface area contributed by atoms with Crippen LogP contribution in [-0.4, -0.2) is 49.5 Å². The minimum absolute atomic E-state index is 0.221. The molecular formula is C16H17NO6S. The molecule has 0 bridgehead atoms. The highest BCUT2D eigenvalue weighted by molar-refractivity contribution is 7.92. The molecule has 2 aromatic rings. The Bertz CT molecular complexity index is 908. The van der Waals surface area contributed by atoms with Gasteiger partial charge in [0, 0.05) is 18.2 Å². The van der Waals surface area contributed by atoms with Crippen LogP contribution < -0.4 is 4.74 Å². The molecule has 24 heavy (non-hydrogen) atoms. The molecule has 1 aliphatic rings. The molecule has 2 atom stereocenters. The Morgan fingerprint density at radius 1 is 1.42 bits per heavy atom. The van der Waals surface area contributed by atoms with E-state index in [-0.39, 0.29) is 15.8 Å². The number of carboxylic acid groups (broad SMARTS) is 1. The van der Waals surface area contributed by atoms with Crippen molar-refractivity contribution in [2.75, 3.05) is 13.7 Å². The van der Waals surface area contributed by atoms with E-state index in [9.17, 15) is 18.3 Å². The zero-order chi connectivity index (χ0) is 17.5. The first-order valence-electron chi connectivity index (χ1n) is 7.42. The third-order valence-corrected chi connectivity index (χ3v) is 6.68. The lowest BCUT2D eigenvalue weighted by Gasteiger charge is -2.18. The van der Waals surface area contributed by atoms with Crippen LogP contribution in [0.15, 0.2) is 29.3 Å². The maximum atomic E-state index is 13.2. The van der Waals surface area contributed by atoms with E-state index >= 15 is 0 Å². The van der Waals surface area contributed by atoms with Crippen molar-refractivity contribution < 1.29 is 27.8 Å². The smallest absolute Gasteiger partial charge is 0.338 e. The Labute approximate surface area is 139 Å². The summed E-state index contributed by atoms with van der Waals surface area (Å²) in [4.78, 5) is 15.5. The van der Waals surface area contributed by atoms with Gasteiger partial charge in [-0.2, -0.15) is 0 Å². The van der Waals surface area contributed by atoms with Gasteiger partial charge in [-0.25, -0.2) is 13.2 Å². The first kappa shape index (κ1) is 16.7. The second kappa shape index (κ2) is 6.03. The number of nitrogens with zero attached hydrogens (tertiary/aromatic N) is 1. The predicted molar refractivity (Wildman–Crippen MR) is 86.3 cm³/mol. The van der Waals surface area contributed by atoms with Gasteiger partial charge in [0.15, 0.2) is 9.84 Å². The largest absolute Gasteiger partial charge is 0.494 e. The highest BCUT2D eigenvalue weighted by Crippen LogP contribution is 2.35. The van der Waals surface area contributed by atoms with Gasteiger partial charge in [0.05, 0.1) is 28.9 Å². The zero-order valence-electron chi connectivity index (χ0n) is 13.2. The van der Waals surface area contributed by atoms with Gasteiger partial charge in [-0.15, -0.1) is 0 Å². The first-order chi connectivity index (χ1) is 11.4. The topological polar surface area (TPSA) is 103 Å². The van der Waals surface area contributed by atoms with Crippen molar-refractivity contribution in [3.8, 4) is 5.75 Å². The van der Waals surface area contributed by atoms with Crippen LogP contribution in [0.2, 0.25) is 0 Å². The molecule has 0 amide bonds. The number of fused-ring (bicyclic) bond motifs is 1. The van der Waals surface area contributed by atoms with E-state index in [0.29, 0.717) is 24.3 Å². The number of methoxy groups -OCH3 is 1. The van der Waals surface area contributed by atoms with Crippen molar-refractivity contribution in [3.63, 3.8) is 0 Å². The second-order valence-corrected chi connectivity index (χ2v) is 7.71. The van der Waals surface area contributed by atoms with Crippen LogP contribution in [0, 0.1) is 0 Å². The van der Waals surface area contributed by atoms with E-state index in [4.69, 9.17) is 9.47 Å². The molecule has 0 aliphatic carbocycles. The van der Waals surface area contributed by atoms with Crippen molar-refractivity contribution in [1.82, 2.24) is 4.98 Å². The summed E-state index contributed by atoms with van der Waals surface area (Å²) < 4.78 is 36.9.